The molecule has 0 radical (unpaired) electrons. The zero-order valence-corrected chi connectivity index (χ0v) is 47.6. The Morgan fingerprint density at radius 1 is 0.595 bits per heavy atom. The molecule has 0 bridgehead atoms. The van der Waals surface area contributed by atoms with Gasteiger partial charge in [0.05, 0.1) is 19.3 Å². The molecule has 8 atom stereocenters. The van der Waals surface area contributed by atoms with Gasteiger partial charge < -0.3 is 50.8 Å². The van der Waals surface area contributed by atoms with E-state index in [4.69, 9.17) is 4.74 Å². The Labute approximate surface area is 488 Å². The van der Waals surface area contributed by atoms with Crippen LogP contribution in [0.2, 0.25) is 0 Å². The van der Waals surface area contributed by atoms with Crippen LogP contribution in [0.15, 0.2) is 146 Å². The van der Waals surface area contributed by atoms with Gasteiger partial charge in [-0.25, -0.2) is 0 Å². The van der Waals surface area contributed by atoms with Crippen molar-refractivity contribution in [2.45, 2.75) is 127 Å². The van der Waals surface area contributed by atoms with Crippen molar-refractivity contribution < 1.29 is 48.2 Å². The quantitative estimate of drug-likeness (QED) is 0.0972. The minimum Gasteiger partial charge on any atom is -0.371 e. The Morgan fingerprint density at radius 3 is 1.86 bits per heavy atom. The summed E-state index contributed by atoms with van der Waals surface area (Å²) >= 11 is 0. The molecule has 5 heterocycles. The molecule has 0 aliphatic carbocycles. The second kappa shape index (κ2) is 25.9. The first kappa shape index (κ1) is 58.5. The van der Waals surface area contributed by atoms with Crippen LogP contribution in [0.5, 0.6) is 0 Å². The summed E-state index contributed by atoms with van der Waals surface area (Å²) in [6.45, 7) is 4.30. The van der Waals surface area contributed by atoms with Crippen molar-refractivity contribution in [3.05, 3.63) is 179 Å². The molecule has 0 unspecified atom stereocenters. The lowest BCUT2D eigenvalue weighted by molar-refractivity contribution is -0.155. The summed E-state index contributed by atoms with van der Waals surface area (Å²) in [6, 6.07) is 34.0. The van der Waals surface area contributed by atoms with E-state index in [1.807, 2.05) is 117 Å². The van der Waals surface area contributed by atoms with Gasteiger partial charge in [-0.15, -0.1) is 0 Å². The third-order valence-electron chi connectivity index (χ3n) is 16.6. The van der Waals surface area contributed by atoms with Crippen LogP contribution >= 0.6 is 0 Å². The zero-order chi connectivity index (χ0) is 59.1. The van der Waals surface area contributed by atoms with E-state index in [0.717, 1.165) is 26.9 Å². The molecule has 6 N–H and O–H groups in total. The minimum atomic E-state index is -2.33. The number of para-hydroxylation sites is 1. The Hall–Kier alpha value is -8.68. The lowest BCUT2D eigenvalue weighted by Crippen LogP contribution is -2.62. The number of carbonyl (C=O) groups excluding carboxylic acids is 8. The number of hydrogen-bond acceptors (Lipinski definition) is 10. The molecule has 3 saturated heterocycles. The first-order valence-corrected chi connectivity index (χ1v) is 29.1. The number of carbonyl (C=O) groups is 8. The van der Waals surface area contributed by atoms with E-state index >= 15 is 24.0 Å². The van der Waals surface area contributed by atoms with Crippen molar-refractivity contribution in [3.8, 4) is 0 Å². The predicted molar refractivity (Wildman–Crippen MR) is 313 cm³/mol. The van der Waals surface area contributed by atoms with Crippen LogP contribution in [-0.4, -0.2) is 145 Å². The Bertz CT molecular complexity index is 3380. The Balaban J connectivity index is 1.06. The molecular formula is C65H73N9O10. The summed E-state index contributed by atoms with van der Waals surface area (Å²) in [5.74, 6) is -5.44. The number of nitrogens with zero attached hydrogens (tertiary/aromatic N) is 4. The number of fused-ring (bicyclic) bond motifs is 6. The molecule has 19 nitrogen and oxygen atoms in total. The Morgan fingerprint density at radius 2 is 1.17 bits per heavy atom. The number of aromatic amines is 1. The second-order valence-corrected chi connectivity index (χ2v) is 22.9. The van der Waals surface area contributed by atoms with E-state index in [-0.39, 0.29) is 75.4 Å². The topological polar surface area (TPSA) is 243 Å². The van der Waals surface area contributed by atoms with E-state index in [1.165, 1.54) is 20.8 Å². The molecule has 0 saturated carbocycles. The maximum Gasteiger partial charge on any atom is 0.257 e. The third-order valence-corrected chi connectivity index (χ3v) is 16.6. The van der Waals surface area contributed by atoms with Gasteiger partial charge in [-0.3, -0.25) is 43.3 Å². The van der Waals surface area contributed by atoms with Crippen LogP contribution < -0.4 is 21.3 Å². The van der Waals surface area contributed by atoms with Crippen LogP contribution in [0.1, 0.15) is 91.1 Å². The number of β-amino-alcohol motifs (C(OH)–C–C–N with tert-alkyl or cyclic N) is 1. The molecule has 10 rings (SSSR count). The fourth-order valence-electron chi connectivity index (χ4n) is 12.3. The molecular weight excluding hydrogens is 1070 g/mol. The van der Waals surface area contributed by atoms with E-state index in [9.17, 15) is 19.5 Å². The number of aromatic nitrogens is 1. The average molecular weight is 1140 g/mol. The molecule has 19 heteroatoms. The molecule has 1 aromatic heterocycles. The monoisotopic (exact) mass is 1140 g/mol. The van der Waals surface area contributed by atoms with Gasteiger partial charge in [0.25, 0.3) is 5.91 Å². The molecule has 3 fully saturated rings. The highest BCUT2D eigenvalue weighted by Crippen LogP contribution is 2.39. The maximum absolute atomic E-state index is 15.6. The van der Waals surface area contributed by atoms with E-state index in [1.54, 1.807) is 43.5 Å². The smallest absolute Gasteiger partial charge is 0.257 e. The van der Waals surface area contributed by atoms with Crippen LogP contribution in [0, 0.1) is 5.92 Å². The van der Waals surface area contributed by atoms with Gasteiger partial charge in [0.2, 0.25) is 41.4 Å². The van der Waals surface area contributed by atoms with Crippen LogP contribution in [0.25, 0.3) is 10.9 Å². The largest absolute Gasteiger partial charge is 0.371 e. The van der Waals surface area contributed by atoms with Gasteiger partial charge in [0, 0.05) is 60.7 Å². The van der Waals surface area contributed by atoms with Crippen molar-refractivity contribution in [1.29, 1.82) is 0 Å². The van der Waals surface area contributed by atoms with Gasteiger partial charge in [0.1, 0.15) is 42.8 Å². The van der Waals surface area contributed by atoms with E-state index in [2.05, 4.69) is 26.3 Å². The van der Waals surface area contributed by atoms with Crippen molar-refractivity contribution in [1.82, 2.24) is 45.9 Å². The summed E-state index contributed by atoms with van der Waals surface area (Å²) < 4.78 is 6.28. The third kappa shape index (κ3) is 12.9. The number of ether oxygens (including phenoxy) is 1. The SMILES string of the molecule is CC(C)C[C@@H]1NC(=O)[C@H]([C@@H](C)OCc2ccccc2)NC(=O)CN2C(=O)c3ccccc3[C@]2(O)CN(Cc2ccccc2)C(=O)[C@@H]2CCCN2C(=O)[C@H](Cc2ccccc2)NC(=O)[C@@H]2CCCN2C(=O)[C@H](Cc2c[nH]c3ccccc23)NC1=O. The van der Waals surface area contributed by atoms with Crippen molar-refractivity contribution >= 4 is 58.2 Å². The second-order valence-electron chi connectivity index (χ2n) is 22.9. The van der Waals surface area contributed by atoms with Crippen molar-refractivity contribution in [3.63, 3.8) is 0 Å². The van der Waals surface area contributed by atoms with Crippen molar-refractivity contribution in [2.24, 2.45) is 5.92 Å². The molecule has 5 aromatic carbocycles. The molecule has 6 aromatic rings. The van der Waals surface area contributed by atoms with Crippen LogP contribution in [0.4, 0.5) is 0 Å². The molecule has 4 aliphatic heterocycles. The summed E-state index contributed by atoms with van der Waals surface area (Å²) in [7, 11) is 0. The average Bonchev–Trinajstić information content (AvgIpc) is 2.73. The summed E-state index contributed by atoms with van der Waals surface area (Å²) in [4.78, 5) is 129. The first-order chi connectivity index (χ1) is 40.6. The number of hydrogen-bond donors (Lipinski definition) is 6. The highest BCUT2D eigenvalue weighted by Gasteiger charge is 2.52. The molecule has 0 spiro atoms. The number of nitrogens with one attached hydrogen (secondary N) is 5. The summed E-state index contributed by atoms with van der Waals surface area (Å²) in [5.41, 5.74) is 1.60. The van der Waals surface area contributed by atoms with Crippen LogP contribution in [-0.2, 0) is 70.0 Å². The lowest BCUT2D eigenvalue weighted by Gasteiger charge is -2.40. The number of rotatable bonds is 12. The predicted octanol–water partition coefficient (Wildman–Crippen LogP) is 4.87. The molecule has 4 aliphatic rings. The number of H-pyrrole nitrogens is 1. The fraction of sp³-hybridized carbons (Fsp3) is 0.385. The number of amides is 8. The first-order valence-electron chi connectivity index (χ1n) is 29.1. The molecule has 8 amide bonds. The maximum atomic E-state index is 15.6. The van der Waals surface area contributed by atoms with Gasteiger partial charge in [0.15, 0.2) is 5.72 Å². The molecule has 84 heavy (non-hydrogen) atoms. The normalized spacial score (nSPS) is 24.4. The summed E-state index contributed by atoms with van der Waals surface area (Å²) in [6.07, 6.45) is 2.23. The van der Waals surface area contributed by atoms with Gasteiger partial charge >= 0.3 is 0 Å². The number of aliphatic hydroxyl groups is 1. The fourth-order valence-corrected chi connectivity index (χ4v) is 12.3. The number of benzene rings is 5. The van der Waals surface area contributed by atoms with Gasteiger partial charge in [-0.1, -0.05) is 141 Å². The van der Waals surface area contributed by atoms with Gasteiger partial charge in [-0.05, 0) is 79.3 Å². The highest BCUT2D eigenvalue weighted by atomic mass is 16.5. The summed E-state index contributed by atoms with van der Waals surface area (Å²) in [5, 5.41) is 25.8. The highest BCUT2D eigenvalue weighted by molar-refractivity contribution is 6.03. The standard InChI is InChI=1S/C65H73N9O10/c1-41(2)33-51-58(76)68-53(35-46-36-66-50-28-16-14-25-47(46)50)63(81)72-31-17-29-54(72)59(77)69-52(34-43-19-7-4-8-20-43)62(80)73-32-18-30-55(73)64(82)71(37-44-21-9-5-10-22-44)40-65(83)49-27-15-13-26-48(49)61(79)74(65)38-56(75)70-57(60(78)67-51)42(3)84-39-45-23-11-6-12-24-45/h4-16,19-28,36,41-42,51-55,57,66,83H,17-18,29-35,37-40H2,1-3H3,(H,67,78)(H,68,76)(H,69,77)(H,70,75)/t42-,51+,52+,53+,54+,55+,57+,65-/m1/s1. The Kier molecular flexibility index (Phi) is 18.0. The van der Waals surface area contributed by atoms with Crippen LogP contribution in [0.3, 0.4) is 0 Å². The molecule has 438 valence electrons. The van der Waals surface area contributed by atoms with E-state index < -0.39 is 108 Å². The van der Waals surface area contributed by atoms with Crippen molar-refractivity contribution in [2.75, 3.05) is 26.2 Å². The lowest BCUT2D eigenvalue weighted by atomic mass is 9.99. The minimum absolute atomic E-state index is 0.00294. The zero-order valence-electron chi connectivity index (χ0n) is 47.6. The van der Waals surface area contributed by atoms with Gasteiger partial charge in [-0.2, -0.15) is 0 Å². The van der Waals surface area contributed by atoms with E-state index in [0.29, 0.717) is 24.0 Å².